The van der Waals surface area contributed by atoms with Gasteiger partial charge < -0.3 is 19.9 Å². The molecule has 0 heterocycles. The zero-order valence-electron chi connectivity index (χ0n) is 17.4. The molecule has 0 aliphatic carbocycles. The first-order chi connectivity index (χ1) is 12.9. The summed E-state index contributed by atoms with van der Waals surface area (Å²) < 4.78 is 10.1. The fourth-order valence-electron chi connectivity index (χ4n) is 2.51. The van der Waals surface area contributed by atoms with E-state index in [4.69, 9.17) is 9.47 Å². The Morgan fingerprint density at radius 1 is 1.11 bits per heavy atom. The number of benzene rings is 1. The number of hydrogen-bond donors (Lipinski definition) is 2. The van der Waals surface area contributed by atoms with Crippen LogP contribution in [0.25, 0.3) is 0 Å². The number of carbonyl (C=O) groups is 3. The molecular weight excluding hydrogens is 362 g/mol. The fraction of sp³-hybridized carbons (Fsp3) is 0.571. The zero-order valence-corrected chi connectivity index (χ0v) is 17.4. The molecule has 1 amide bonds. The van der Waals surface area contributed by atoms with Crippen molar-refractivity contribution in [2.24, 2.45) is 5.92 Å². The van der Waals surface area contributed by atoms with Crippen LogP contribution in [0.3, 0.4) is 0 Å². The lowest BCUT2D eigenvalue weighted by atomic mass is 10.0. The van der Waals surface area contributed by atoms with Crippen molar-refractivity contribution in [2.75, 3.05) is 7.11 Å². The molecule has 0 aliphatic rings. The lowest BCUT2D eigenvalue weighted by molar-refractivity contribution is -0.146. The highest BCUT2D eigenvalue weighted by molar-refractivity contribution is 5.90. The Balaban J connectivity index is 2.83. The number of carbonyl (C=O) groups excluding carboxylic acids is 3. The van der Waals surface area contributed by atoms with Gasteiger partial charge in [-0.15, -0.1) is 0 Å². The van der Waals surface area contributed by atoms with Crippen molar-refractivity contribution < 1.29 is 29.0 Å². The molecule has 28 heavy (non-hydrogen) atoms. The molecule has 0 saturated heterocycles. The van der Waals surface area contributed by atoms with Gasteiger partial charge in [0.2, 0.25) is 5.91 Å². The Hall–Kier alpha value is -2.41. The van der Waals surface area contributed by atoms with Gasteiger partial charge in [0.05, 0.1) is 12.7 Å². The van der Waals surface area contributed by atoms with Crippen LogP contribution < -0.4 is 5.32 Å². The summed E-state index contributed by atoms with van der Waals surface area (Å²) in [5, 5.41) is 12.5. The first-order valence-electron chi connectivity index (χ1n) is 9.31. The molecule has 2 atom stereocenters. The molecule has 0 radical (unpaired) electrons. The van der Waals surface area contributed by atoms with Crippen molar-refractivity contribution in [1.29, 1.82) is 0 Å². The van der Waals surface area contributed by atoms with Gasteiger partial charge in [0.25, 0.3) is 0 Å². The molecule has 0 spiro atoms. The van der Waals surface area contributed by atoms with E-state index in [0.717, 1.165) is 5.56 Å². The first-order valence-corrected chi connectivity index (χ1v) is 9.31. The molecule has 0 saturated carbocycles. The second kappa shape index (κ2) is 10.2. The molecule has 0 aliphatic heterocycles. The maximum atomic E-state index is 12.1. The van der Waals surface area contributed by atoms with Crippen molar-refractivity contribution >= 4 is 17.8 Å². The number of esters is 2. The van der Waals surface area contributed by atoms with E-state index < -0.39 is 35.6 Å². The van der Waals surface area contributed by atoms with E-state index in [9.17, 15) is 19.5 Å². The van der Waals surface area contributed by atoms with E-state index in [1.807, 2.05) is 13.8 Å². The van der Waals surface area contributed by atoms with E-state index in [2.05, 4.69) is 5.32 Å². The number of methoxy groups -OCH3 is 1. The lowest BCUT2D eigenvalue weighted by Crippen LogP contribution is -2.47. The molecule has 7 nitrogen and oxygen atoms in total. The van der Waals surface area contributed by atoms with Gasteiger partial charge in [-0.1, -0.05) is 26.0 Å². The average Bonchev–Trinajstić information content (AvgIpc) is 2.58. The highest BCUT2D eigenvalue weighted by Crippen LogP contribution is 2.14. The molecule has 0 aromatic heterocycles. The van der Waals surface area contributed by atoms with E-state index >= 15 is 0 Å². The molecule has 2 N–H and O–H groups in total. The molecular formula is C21H31NO6. The smallest absolute Gasteiger partial charge is 0.338 e. The van der Waals surface area contributed by atoms with Crippen molar-refractivity contribution in [3.05, 3.63) is 35.4 Å². The number of nitrogens with one attached hydrogen (secondary N) is 1. The second-order valence-electron chi connectivity index (χ2n) is 8.13. The Bertz CT molecular complexity index is 675. The van der Waals surface area contributed by atoms with Gasteiger partial charge in [-0.2, -0.15) is 0 Å². The van der Waals surface area contributed by atoms with Gasteiger partial charge in [0.1, 0.15) is 17.7 Å². The summed E-state index contributed by atoms with van der Waals surface area (Å²) in [6.45, 7) is 9.14. The van der Waals surface area contributed by atoms with Gasteiger partial charge in [0.15, 0.2) is 0 Å². The van der Waals surface area contributed by atoms with Gasteiger partial charge in [-0.25, -0.2) is 9.59 Å². The standard InChI is InChI=1S/C21H31NO6/c1-13(2)11-17(23)18(24)22-16(20(26)27-6)12-14-7-9-15(10-8-14)19(25)28-21(3,4)5/h7-10,13,16-17,23H,11-12H2,1-6H3,(H,22,24)/t16-,17-/m1/s1. The van der Waals surface area contributed by atoms with Crippen molar-refractivity contribution in [3.8, 4) is 0 Å². The highest BCUT2D eigenvalue weighted by Gasteiger charge is 2.26. The molecule has 1 aromatic rings. The van der Waals surface area contributed by atoms with Crippen LogP contribution in [0.1, 0.15) is 57.0 Å². The predicted octanol–water partition coefficient (Wildman–Crippen LogP) is 2.25. The van der Waals surface area contributed by atoms with Crippen LogP contribution in [0.4, 0.5) is 0 Å². The topological polar surface area (TPSA) is 102 Å². The monoisotopic (exact) mass is 393 g/mol. The largest absolute Gasteiger partial charge is 0.467 e. The fourth-order valence-corrected chi connectivity index (χ4v) is 2.51. The summed E-state index contributed by atoms with van der Waals surface area (Å²) in [6.07, 6.45) is -0.729. The van der Waals surface area contributed by atoms with E-state index in [1.54, 1.807) is 45.0 Å². The van der Waals surface area contributed by atoms with Crippen LogP contribution in [-0.4, -0.2) is 47.8 Å². The Morgan fingerprint density at radius 2 is 1.68 bits per heavy atom. The number of hydrogen-bond acceptors (Lipinski definition) is 6. The van der Waals surface area contributed by atoms with Gasteiger partial charge in [-0.05, 0) is 50.8 Å². The normalized spacial score (nSPS) is 13.6. The van der Waals surface area contributed by atoms with Gasteiger partial charge in [0, 0.05) is 6.42 Å². The summed E-state index contributed by atoms with van der Waals surface area (Å²) >= 11 is 0. The second-order valence-corrected chi connectivity index (χ2v) is 8.13. The number of aliphatic hydroxyl groups excluding tert-OH is 1. The minimum absolute atomic E-state index is 0.137. The van der Waals surface area contributed by atoms with Crippen molar-refractivity contribution in [2.45, 2.75) is 65.2 Å². The van der Waals surface area contributed by atoms with E-state index in [0.29, 0.717) is 12.0 Å². The van der Waals surface area contributed by atoms with Gasteiger partial charge in [-0.3, -0.25) is 4.79 Å². The molecule has 0 unspecified atom stereocenters. The van der Waals surface area contributed by atoms with Gasteiger partial charge >= 0.3 is 11.9 Å². The molecule has 0 fully saturated rings. The minimum atomic E-state index is -1.19. The quantitative estimate of drug-likeness (QED) is 0.657. The number of amides is 1. The Kier molecular flexibility index (Phi) is 8.63. The zero-order chi connectivity index (χ0) is 21.5. The van der Waals surface area contributed by atoms with E-state index in [1.165, 1.54) is 7.11 Å². The summed E-state index contributed by atoms with van der Waals surface area (Å²) in [5.41, 5.74) is 0.526. The van der Waals surface area contributed by atoms with Crippen LogP contribution in [0.5, 0.6) is 0 Å². The maximum absolute atomic E-state index is 12.1. The van der Waals surface area contributed by atoms with Crippen LogP contribution in [0, 0.1) is 5.92 Å². The SMILES string of the molecule is COC(=O)[C@@H](Cc1ccc(C(=O)OC(C)(C)C)cc1)NC(=O)[C@H](O)CC(C)C. The minimum Gasteiger partial charge on any atom is -0.467 e. The third kappa shape index (κ3) is 8.08. The molecule has 156 valence electrons. The number of ether oxygens (including phenoxy) is 2. The average molecular weight is 393 g/mol. The Morgan fingerprint density at radius 3 is 2.14 bits per heavy atom. The molecule has 7 heteroatoms. The Labute approximate surface area is 166 Å². The van der Waals surface area contributed by atoms with Crippen molar-refractivity contribution in [3.63, 3.8) is 0 Å². The summed E-state index contributed by atoms with van der Waals surface area (Å²) in [6, 6.07) is 5.64. The highest BCUT2D eigenvalue weighted by atomic mass is 16.6. The predicted molar refractivity (Wildman–Crippen MR) is 105 cm³/mol. The van der Waals surface area contributed by atoms with Crippen LogP contribution in [0.15, 0.2) is 24.3 Å². The third-order valence-electron chi connectivity index (χ3n) is 3.83. The summed E-state index contributed by atoms with van der Waals surface area (Å²) in [4.78, 5) is 36.3. The number of rotatable bonds is 8. The first kappa shape index (κ1) is 23.6. The molecule has 1 aromatic carbocycles. The van der Waals surface area contributed by atoms with Crippen molar-refractivity contribution in [1.82, 2.24) is 5.32 Å². The van der Waals surface area contributed by atoms with Crippen LogP contribution in [0.2, 0.25) is 0 Å². The van der Waals surface area contributed by atoms with Crippen LogP contribution >= 0.6 is 0 Å². The molecule has 1 rings (SSSR count). The van der Waals surface area contributed by atoms with E-state index in [-0.39, 0.29) is 12.3 Å². The number of aliphatic hydroxyl groups is 1. The summed E-state index contributed by atoms with van der Waals surface area (Å²) in [5.74, 6) is -1.53. The maximum Gasteiger partial charge on any atom is 0.338 e. The van der Waals surface area contributed by atoms with Crippen LogP contribution in [-0.2, 0) is 25.5 Å². The molecule has 0 bridgehead atoms. The lowest BCUT2D eigenvalue weighted by Gasteiger charge is -2.20. The third-order valence-corrected chi connectivity index (χ3v) is 3.83. The summed E-state index contributed by atoms with van der Waals surface area (Å²) in [7, 11) is 1.23.